The van der Waals surface area contributed by atoms with Crippen LogP contribution < -0.4 is 15.4 Å². The van der Waals surface area contributed by atoms with Gasteiger partial charge in [0, 0.05) is 30.6 Å². The SMILES string of the molecule is CNC(=O)[C@@H]1[C@H]2C(=O)N(CCCCCO)C(C(=O)Nc3ccc(OC)cc3)C23CC[C@@]1(C)S3. The van der Waals surface area contributed by atoms with Gasteiger partial charge >= 0.3 is 0 Å². The van der Waals surface area contributed by atoms with Gasteiger partial charge in [0.25, 0.3) is 0 Å². The fourth-order valence-electron chi connectivity index (χ4n) is 5.98. The van der Waals surface area contributed by atoms with E-state index in [1.165, 1.54) is 0 Å². The molecule has 8 nitrogen and oxygen atoms in total. The van der Waals surface area contributed by atoms with E-state index in [0.717, 1.165) is 19.3 Å². The number of ether oxygens (including phenoxy) is 1. The molecule has 3 fully saturated rings. The quantitative estimate of drug-likeness (QED) is 0.472. The number of fused-ring (bicyclic) bond motifs is 1. The van der Waals surface area contributed by atoms with Crippen molar-refractivity contribution < 1.29 is 24.2 Å². The fraction of sp³-hybridized carbons (Fsp3) is 0.625. The monoisotopic (exact) mass is 475 g/mol. The van der Waals surface area contributed by atoms with Gasteiger partial charge in [0.1, 0.15) is 11.8 Å². The number of rotatable bonds is 9. The van der Waals surface area contributed by atoms with Crippen LogP contribution >= 0.6 is 11.8 Å². The number of carbonyl (C=O) groups is 3. The Bertz CT molecular complexity index is 925. The standard InChI is InChI=1S/C24H33N3O5S/c1-23-11-12-24(33-23)18(17(23)20(29)25-2)22(31)27(13-5-4-6-14-28)19(24)21(30)26-15-7-9-16(32-3)10-8-15/h7-10,17-19,28H,4-6,11-14H2,1-3H3,(H,25,29)(H,26,30)/t17-,18-,19?,23+,24?/m0/s1. The Morgan fingerprint density at radius 2 is 1.91 bits per heavy atom. The van der Waals surface area contributed by atoms with Gasteiger partial charge in [0.05, 0.1) is 23.7 Å². The lowest BCUT2D eigenvalue weighted by molar-refractivity contribution is -0.140. The predicted molar refractivity (Wildman–Crippen MR) is 127 cm³/mol. The molecule has 1 aromatic carbocycles. The van der Waals surface area contributed by atoms with Crippen molar-refractivity contribution in [2.24, 2.45) is 11.8 Å². The van der Waals surface area contributed by atoms with Gasteiger partial charge in [-0.15, -0.1) is 11.8 Å². The van der Waals surface area contributed by atoms with Crippen molar-refractivity contribution in [2.75, 3.05) is 32.6 Å². The molecule has 2 unspecified atom stereocenters. The normalized spacial score (nSPS) is 32.1. The zero-order valence-corrected chi connectivity index (χ0v) is 20.2. The highest BCUT2D eigenvalue weighted by Crippen LogP contribution is 2.71. The maximum absolute atomic E-state index is 13.7. The predicted octanol–water partition coefficient (Wildman–Crippen LogP) is 2.02. The minimum atomic E-state index is -0.646. The summed E-state index contributed by atoms with van der Waals surface area (Å²) in [5.74, 6) is -0.704. The van der Waals surface area contributed by atoms with Crippen LogP contribution in [0, 0.1) is 11.8 Å². The van der Waals surface area contributed by atoms with E-state index < -0.39 is 22.6 Å². The second kappa shape index (κ2) is 9.18. The van der Waals surface area contributed by atoms with E-state index in [2.05, 4.69) is 17.6 Å². The third-order valence-corrected chi connectivity index (χ3v) is 9.45. The lowest BCUT2D eigenvalue weighted by atomic mass is 9.66. The number of thioether (sulfide) groups is 1. The molecule has 3 N–H and O–H groups in total. The number of unbranched alkanes of at least 4 members (excludes halogenated alkanes) is 2. The lowest BCUT2D eigenvalue weighted by Gasteiger charge is -2.34. The van der Waals surface area contributed by atoms with Crippen LogP contribution in [-0.2, 0) is 14.4 Å². The van der Waals surface area contributed by atoms with Crippen LogP contribution in [-0.4, -0.2) is 70.6 Å². The van der Waals surface area contributed by atoms with Crippen molar-refractivity contribution in [1.29, 1.82) is 0 Å². The van der Waals surface area contributed by atoms with E-state index in [4.69, 9.17) is 9.84 Å². The Balaban J connectivity index is 1.65. The molecule has 0 radical (unpaired) electrons. The van der Waals surface area contributed by atoms with Gasteiger partial charge in [-0.05, 0) is 63.3 Å². The smallest absolute Gasteiger partial charge is 0.248 e. The van der Waals surface area contributed by atoms with Crippen LogP contribution in [0.2, 0.25) is 0 Å². The molecule has 3 saturated heterocycles. The highest BCUT2D eigenvalue weighted by atomic mass is 32.2. The molecule has 33 heavy (non-hydrogen) atoms. The lowest BCUT2D eigenvalue weighted by Crippen LogP contribution is -2.52. The minimum Gasteiger partial charge on any atom is -0.497 e. The average molecular weight is 476 g/mol. The minimum absolute atomic E-state index is 0.0987. The molecule has 2 bridgehead atoms. The Hall–Kier alpha value is -2.26. The van der Waals surface area contributed by atoms with Crippen molar-refractivity contribution in [2.45, 2.75) is 54.6 Å². The molecule has 3 aliphatic rings. The molecule has 0 saturated carbocycles. The fourth-order valence-corrected chi connectivity index (χ4v) is 8.34. The van der Waals surface area contributed by atoms with Crippen LogP contribution in [0.25, 0.3) is 0 Å². The number of hydrogen-bond donors (Lipinski definition) is 3. The summed E-state index contributed by atoms with van der Waals surface area (Å²) in [5, 5.41) is 14.9. The van der Waals surface area contributed by atoms with Crippen LogP contribution in [0.4, 0.5) is 5.69 Å². The van der Waals surface area contributed by atoms with Crippen LogP contribution in [0.1, 0.15) is 39.0 Å². The molecule has 1 aromatic rings. The van der Waals surface area contributed by atoms with E-state index in [9.17, 15) is 14.4 Å². The van der Waals surface area contributed by atoms with Crippen molar-refractivity contribution in [3.8, 4) is 5.75 Å². The second-order valence-electron chi connectivity index (χ2n) is 9.38. The Kier molecular flexibility index (Phi) is 6.64. The van der Waals surface area contributed by atoms with Gasteiger partial charge < -0.3 is 25.4 Å². The van der Waals surface area contributed by atoms with E-state index >= 15 is 0 Å². The van der Waals surface area contributed by atoms with Gasteiger partial charge in [-0.2, -0.15) is 0 Å². The van der Waals surface area contributed by atoms with Gasteiger partial charge in [-0.25, -0.2) is 0 Å². The molecule has 180 valence electrons. The molecular weight excluding hydrogens is 442 g/mol. The summed E-state index contributed by atoms with van der Waals surface area (Å²) in [4.78, 5) is 42.0. The number of aliphatic hydroxyl groups excluding tert-OH is 1. The number of carbonyl (C=O) groups excluding carboxylic acids is 3. The van der Waals surface area contributed by atoms with Gasteiger partial charge in [-0.1, -0.05) is 0 Å². The molecule has 4 rings (SSSR count). The largest absolute Gasteiger partial charge is 0.497 e. The summed E-state index contributed by atoms with van der Waals surface area (Å²) in [6.07, 6.45) is 3.66. The van der Waals surface area contributed by atoms with Crippen LogP contribution in [0.5, 0.6) is 5.75 Å². The van der Waals surface area contributed by atoms with Crippen molar-refractivity contribution in [1.82, 2.24) is 10.2 Å². The summed E-state index contributed by atoms with van der Waals surface area (Å²) < 4.78 is 4.22. The van der Waals surface area contributed by atoms with Gasteiger partial charge in [0.15, 0.2) is 0 Å². The first kappa shape index (κ1) is 23.9. The Labute approximate surface area is 198 Å². The van der Waals surface area contributed by atoms with Crippen LogP contribution in [0.15, 0.2) is 24.3 Å². The van der Waals surface area contributed by atoms with Crippen molar-refractivity contribution in [3.63, 3.8) is 0 Å². The Morgan fingerprint density at radius 3 is 2.55 bits per heavy atom. The van der Waals surface area contributed by atoms with Crippen LogP contribution in [0.3, 0.4) is 0 Å². The van der Waals surface area contributed by atoms with E-state index in [1.54, 1.807) is 55.1 Å². The summed E-state index contributed by atoms with van der Waals surface area (Å²) in [6.45, 7) is 2.60. The zero-order valence-electron chi connectivity index (χ0n) is 19.4. The van der Waals surface area contributed by atoms with Crippen molar-refractivity contribution in [3.05, 3.63) is 24.3 Å². The number of aliphatic hydroxyl groups is 1. The van der Waals surface area contributed by atoms with Crippen molar-refractivity contribution >= 4 is 35.2 Å². The zero-order chi connectivity index (χ0) is 23.8. The molecular formula is C24H33N3O5S. The molecule has 5 atom stereocenters. The van der Waals surface area contributed by atoms with Gasteiger partial charge in [0.2, 0.25) is 17.7 Å². The third kappa shape index (κ3) is 3.89. The first-order valence-corrected chi connectivity index (χ1v) is 12.4. The maximum Gasteiger partial charge on any atom is 0.248 e. The molecule has 0 aromatic heterocycles. The highest BCUT2D eigenvalue weighted by Gasteiger charge is 2.76. The average Bonchev–Trinajstić information content (AvgIpc) is 3.37. The summed E-state index contributed by atoms with van der Waals surface area (Å²) in [6, 6.07) is 6.47. The highest BCUT2D eigenvalue weighted by molar-refractivity contribution is 8.02. The third-order valence-electron chi connectivity index (χ3n) is 7.47. The molecule has 3 aliphatic heterocycles. The van der Waals surface area contributed by atoms with E-state index in [0.29, 0.717) is 30.8 Å². The van der Waals surface area contributed by atoms with Gasteiger partial charge in [-0.3, -0.25) is 14.4 Å². The molecule has 3 amide bonds. The molecule has 0 aliphatic carbocycles. The first-order valence-electron chi connectivity index (χ1n) is 11.6. The first-order chi connectivity index (χ1) is 15.8. The number of amides is 3. The number of nitrogens with one attached hydrogen (secondary N) is 2. The number of anilines is 1. The molecule has 3 heterocycles. The number of likely N-dealkylation sites (tertiary alicyclic amines) is 1. The Morgan fingerprint density at radius 1 is 1.18 bits per heavy atom. The number of hydrogen-bond acceptors (Lipinski definition) is 6. The van der Waals surface area contributed by atoms with E-state index in [-0.39, 0.29) is 29.1 Å². The molecule has 9 heteroatoms. The maximum atomic E-state index is 13.7. The van der Waals surface area contributed by atoms with E-state index in [1.807, 2.05) is 0 Å². The summed E-state index contributed by atoms with van der Waals surface area (Å²) in [5.41, 5.74) is 0.639. The number of nitrogens with zero attached hydrogens (tertiary/aromatic N) is 1. The second-order valence-corrected chi connectivity index (χ2v) is 11.3. The number of methoxy groups -OCH3 is 1. The topological polar surface area (TPSA) is 108 Å². The molecule has 1 spiro atoms. The number of benzene rings is 1. The summed E-state index contributed by atoms with van der Waals surface area (Å²) >= 11 is 1.66. The summed E-state index contributed by atoms with van der Waals surface area (Å²) in [7, 11) is 3.19.